The Hall–Kier alpha value is -2.54. The van der Waals surface area contributed by atoms with Crippen molar-refractivity contribution < 1.29 is 0 Å². The van der Waals surface area contributed by atoms with E-state index < -0.39 is 0 Å². The molecule has 1 heteroatoms. The molecular formula is C25H27N. The highest BCUT2D eigenvalue weighted by Crippen LogP contribution is 2.43. The van der Waals surface area contributed by atoms with Crippen molar-refractivity contribution in [3.63, 3.8) is 0 Å². The van der Waals surface area contributed by atoms with Crippen molar-refractivity contribution in [1.29, 1.82) is 0 Å². The Bertz CT molecular complexity index is 810. The van der Waals surface area contributed by atoms with E-state index in [9.17, 15) is 0 Å². The molecule has 0 spiro atoms. The van der Waals surface area contributed by atoms with Crippen LogP contribution in [0.5, 0.6) is 0 Å². The number of para-hydroxylation sites is 1. The van der Waals surface area contributed by atoms with Gasteiger partial charge in [0.25, 0.3) is 0 Å². The highest BCUT2D eigenvalue weighted by Gasteiger charge is 2.23. The largest absolute Gasteiger partial charge is 0.310 e. The van der Waals surface area contributed by atoms with Crippen LogP contribution < -0.4 is 4.90 Å². The van der Waals surface area contributed by atoms with E-state index in [1.54, 1.807) is 0 Å². The standard InChI is InChI=1S/C25H27N/c1-19-11-15-22(16-12-19)26(23-17-13-20(2)14-18-23)25-10-6-5-9-24(25)21-7-3-4-8-21/h5-6,9-18,21H,3-4,7-8H2,1-2H3. The number of benzene rings is 3. The summed E-state index contributed by atoms with van der Waals surface area (Å²) in [4.78, 5) is 2.42. The van der Waals surface area contributed by atoms with E-state index in [-0.39, 0.29) is 0 Å². The van der Waals surface area contributed by atoms with Crippen LogP contribution in [0, 0.1) is 13.8 Å². The zero-order valence-electron chi connectivity index (χ0n) is 15.8. The molecule has 0 aromatic heterocycles. The van der Waals surface area contributed by atoms with Crippen LogP contribution in [0.15, 0.2) is 72.8 Å². The summed E-state index contributed by atoms with van der Waals surface area (Å²) in [7, 11) is 0. The maximum atomic E-state index is 2.42. The van der Waals surface area contributed by atoms with Crippen LogP contribution in [-0.2, 0) is 0 Å². The third-order valence-electron chi connectivity index (χ3n) is 5.56. The van der Waals surface area contributed by atoms with Crippen molar-refractivity contribution in [2.24, 2.45) is 0 Å². The van der Waals surface area contributed by atoms with E-state index in [0.717, 1.165) is 0 Å². The maximum absolute atomic E-state index is 2.42. The summed E-state index contributed by atoms with van der Waals surface area (Å²) >= 11 is 0. The van der Waals surface area contributed by atoms with Crippen LogP contribution in [-0.4, -0.2) is 0 Å². The smallest absolute Gasteiger partial charge is 0.0496 e. The van der Waals surface area contributed by atoms with Crippen LogP contribution in [0.25, 0.3) is 0 Å². The molecular weight excluding hydrogens is 314 g/mol. The second-order valence-corrected chi connectivity index (χ2v) is 7.55. The number of hydrogen-bond donors (Lipinski definition) is 0. The third kappa shape index (κ3) is 3.39. The van der Waals surface area contributed by atoms with Gasteiger partial charge in [0.2, 0.25) is 0 Å². The molecule has 3 aromatic carbocycles. The normalized spacial score (nSPS) is 14.5. The zero-order valence-corrected chi connectivity index (χ0v) is 15.8. The van der Waals surface area contributed by atoms with Gasteiger partial charge in [-0.1, -0.05) is 66.4 Å². The van der Waals surface area contributed by atoms with Gasteiger partial charge in [0.1, 0.15) is 0 Å². The minimum Gasteiger partial charge on any atom is -0.310 e. The van der Waals surface area contributed by atoms with Crippen molar-refractivity contribution in [1.82, 2.24) is 0 Å². The summed E-state index contributed by atoms with van der Waals surface area (Å²) in [5.41, 5.74) is 7.86. The van der Waals surface area contributed by atoms with Gasteiger partial charge in [-0.05, 0) is 68.5 Å². The Morgan fingerprint density at radius 3 is 1.69 bits per heavy atom. The van der Waals surface area contributed by atoms with Crippen LogP contribution in [0.1, 0.15) is 48.3 Å². The molecule has 1 saturated carbocycles. The van der Waals surface area contributed by atoms with Gasteiger partial charge in [-0.2, -0.15) is 0 Å². The Kier molecular flexibility index (Phi) is 4.79. The number of nitrogens with zero attached hydrogens (tertiary/aromatic N) is 1. The lowest BCUT2D eigenvalue weighted by molar-refractivity contribution is 0.723. The van der Waals surface area contributed by atoms with E-state index in [1.165, 1.54) is 59.4 Å². The minimum absolute atomic E-state index is 0.685. The molecule has 0 saturated heterocycles. The van der Waals surface area contributed by atoms with E-state index in [1.807, 2.05) is 0 Å². The second-order valence-electron chi connectivity index (χ2n) is 7.55. The minimum atomic E-state index is 0.685. The van der Waals surface area contributed by atoms with Crippen molar-refractivity contribution in [3.05, 3.63) is 89.5 Å². The van der Waals surface area contributed by atoms with E-state index in [2.05, 4.69) is 91.5 Å². The molecule has 0 N–H and O–H groups in total. The Labute approximate surface area is 157 Å². The summed E-state index contributed by atoms with van der Waals surface area (Å²) in [5.74, 6) is 0.685. The average Bonchev–Trinajstić information content (AvgIpc) is 3.20. The third-order valence-corrected chi connectivity index (χ3v) is 5.56. The predicted octanol–water partition coefficient (Wildman–Crippen LogP) is 7.43. The lowest BCUT2D eigenvalue weighted by Gasteiger charge is -2.29. The van der Waals surface area contributed by atoms with Gasteiger partial charge in [-0.3, -0.25) is 0 Å². The molecule has 1 aliphatic carbocycles. The second kappa shape index (κ2) is 7.37. The van der Waals surface area contributed by atoms with Crippen molar-refractivity contribution in [3.8, 4) is 0 Å². The molecule has 0 heterocycles. The van der Waals surface area contributed by atoms with Crippen molar-refractivity contribution >= 4 is 17.1 Å². The molecule has 0 unspecified atom stereocenters. The topological polar surface area (TPSA) is 3.24 Å². The fourth-order valence-electron chi connectivity index (χ4n) is 4.09. The highest BCUT2D eigenvalue weighted by molar-refractivity contribution is 5.79. The van der Waals surface area contributed by atoms with Gasteiger partial charge in [0, 0.05) is 17.1 Å². The first-order valence-electron chi connectivity index (χ1n) is 9.75. The molecule has 0 radical (unpaired) electrons. The fourth-order valence-corrected chi connectivity index (χ4v) is 4.09. The number of aryl methyl sites for hydroxylation is 2. The molecule has 3 aromatic rings. The van der Waals surface area contributed by atoms with E-state index in [4.69, 9.17) is 0 Å². The molecule has 1 aliphatic rings. The Morgan fingerprint density at radius 2 is 1.15 bits per heavy atom. The molecule has 4 rings (SSSR count). The predicted molar refractivity (Wildman–Crippen MR) is 112 cm³/mol. The molecule has 0 amide bonds. The molecule has 1 fully saturated rings. The summed E-state index contributed by atoms with van der Waals surface area (Å²) in [6.45, 7) is 4.29. The molecule has 132 valence electrons. The first-order valence-corrected chi connectivity index (χ1v) is 9.75. The van der Waals surface area contributed by atoms with Crippen molar-refractivity contribution in [2.75, 3.05) is 4.90 Å². The van der Waals surface area contributed by atoms with E-state index in [0.29, 0.717) is 5.92 Å². The molecule has 0 aliphatic heterocycles. The summed E-state index contributed by atoms with van der Waals surface area (Å²) in [6, 6.07) is 26.7. The quantitative estimate of drug-likeness (QED) is 0.477. The van der Waals surface area contributed by atoms with Crippen LogP contribution >= 0.6 is 0 Å². The average molecular weight is 341 g/mol. The van der Waals surface area contributed by atoms with Gasteiger partial charge >= 0.3 is 0 Å². The Morgan fingerprint density at radius 1 is 0.654 bits per heavy atom. The summed E-state index contributed by atoms with van der Waals surface area (Å²) < 4.78 is 0. The lowest BCUT2D eigenvalue weighted by atomic mass is 9.94. The molecule has 0 atom stereocenters. The molecule has 26 heavy (non-hydrogen) atoms. The van der Waals surface area contributed by atoms with Gasteiger partial charge in [0.15, 0.2) is 0 Å². The monoisotopic (exact) mass is 341 g/mol. The van der Waals surface area contributed by atoms with Gasteiger partial charge in [-0.15, -0.1) is 0 Å². The number of rotatable bonds is 4. The van der Waals surface area contributed by atoms with Gasteiger partial charge < -0.3 is 4.90 Å². The lowest BCUT2D eigenvalue weighted by Crippen LogP contribution is -2.13. The highest BCUT2D eigenvalue weighted by atomic mass is 15.1. The first kappa shape index (κ1) is 16.9. The maximum Gasteiger partial charge on any atom is 0.0496 e. The zero-order chi connectivity index (χ0) is 17.9. The number of hydrogen-bond acceptors (Lipinski definition) is 1. The first-order chi connectivity index (χ1) is 12.7. The van der Waals surface area contributed by atoms with Crippen LogP contribution in [0.3, 0.4) is 0 Å². The Balaban J connectivity index is 1.85. The van der Waals surface area contributed by atoms with Crippen LogP contribution in [0.4, 0.5) is 17.1 Å². The number of anilines is 3. The van der Waals surface area contributed by atoms with Crippen molar-refractivity contribution in [2.45, 2.75) is 45.4 Å². The fraction of sp³-hybridized carbons (Fsp3) is 0.280. The molecule has 1 nitrogen and oxygen atoms in total. The van der Waals surface area contributed by atoms with Gasteiger partial charge in [-0.25, -0.2) is 0 Å². The SMILES string of the molecule is Cc1ccc(N(c2ccc(C)cc2)c2ccccc2C2CCCC2)cc1. The van der Waals surface area contributed by atoms with Gasteiger partial charge in [0.05, 0.1) is 0 Å². The summed E-state index contributed by atoms with van der Waals surface area (Å²) in [5, 5.41) is 0. The summed E-state index contributed by atoms with van der Waals surface area (Å²) in [6.07, 6.45) is 5.33. The van der Waals surface area contributed by atoms with E-state index >= 15 is 0 Å². The molecule has 0 bridgehead atoms. The van der Waals surface area contributed by atoms with Crippen LogP contribution in [0.2, 0.25) is 0 Å².